The topological polar surface area (TPSA) is 20.2 Å². The Morgan fingerprint density at radius 2 is 1.53 bits per heavy atom. The quantitative estimate of drug-likeness (QED) is 0.758. The molecule has 0 fully saturated rings. The third-order valence-electron chi connectivity index (χ3n) is 2.13. The fourth-order valence-electron chi connectivity index (χ4n) is 1.37. The predicted molar refractivity (Wildman–Crippen MR) is 53.5 cm³/mol. The molecule has 0 heterocycles. The zero-order valence-corrected chi connectivity index (χ0v) is 7.74. The van der Waals surface area contributed by atoms with Crippen LogP contribution in [-0.4, -0.2) is 5.11 Å². The van der Waals surface area contributed by atoms with Crippen LogP contribution in [0.5, 0.6) is 5.75 Å². The first-order chi connectivity index (χ1) is 7.18. The monoisotopic (exact) mass is 206 g/mol. The Morgan fingerprint density at radius 1 is 0.867 bits per heavy atom. The minimum atomic E-state index is -0.874. The van der Waals surface area contributed by atoms with E-state index in [0.717, 1.165) is 6.07 Å². The zero-order chi connectivity index (χ0) is 10.8. The lowest BCUT2D eigenvalue weighted by atomic mass is 10.1. The van der Waals surface area contributed by atoms with E-state index in [1.54, 1.807) is 0 Å². The molecule has 1 nitrogen and oxygen atoms in total. The molecule has 0 spiro atoms. The van der Waals surface area contributed by atoms with Gasteiger partial charge in [-0.15, -0.1) is 0 Å². The van der Waals surface area contributed by atoms with Gasteiger partial charge in [0.05, 0.1) is 0 Å². The Hall–Kier alpha value is -1.90. The van der Waals surface area contributed by atoms with Crippen LogP contribution >= 0.6 is 0 Å². The molecule has 2 aromatic rings. The SMILES string of the molecule is Oc1ccc(-c2cccc(F)c2F)cc1. The third kappa shape index (κ3) is 1.81. The average Bonchev–Trinajstić information content (AvgIpc) is 2.24. The number of hydrogen-bond donors (Lipinski definition) is 1. The second-order valence-corrected chi connectivity index (χ2v) is 3.15. The van der Waals surface area contributed by atoms with Gasteiger partial charge in [0, 0.05) is 5.56 Å². The van der Waals surface area contributed by atoms with Crippen molar-refractivity contribution in [3.05, 3.63) is 54.1 Å². The molecule has 0 bridgehead atoms. The van der Waals surface area contributed by atoms with Crippen molar-refractivity contribution in [1.29, 1.82) is 0 Å². The van der Waals surface area contributed by atoms with Gasteiger partial charge in [0.2, 0.25) is 0 Å². The largest absolute Gasteiger partial charge is 0.508 e. The van der Waals surface area contributed by atoms with E-state index in [4.69, 9.17) is 5.11 Å². The maximum atomic E-state index is 13.4. The van der Waals surface area contributed by atoms with Crippen molar-refractivity contribution in [3.63, 3.8) is 0 Å². The van der Waals surface area contributed by atoms with Crippen molar-refractivity contribution in [3.8, 4) is 16.9 Å². The summed E-state index contributed by atoms with van der Waals surface area (Å²) in [4.78, 5) is 0. The van der Waals surface area contributed by atoms with Crippen LogP contribution in [0.4, 0.5) is 8.78 Å². The van der Waals surface area contributed by atoms with Gasteiger partial charge in [-0.05, 0) is 23.8 Å². The van der Waals surface area contributed by atoms with Crippen LogP contribution in [0.25, 0.3) is 11.1 Å². The van der Waals surface area contributed by atoms with Crippen LogP contribution in [-0.2, 0) is 0 Å². The molecule has 0 aliphatic heterocycles. The first-order valence-corrected chi connectivity index (χ1v) is 4.42. The number of halogens is 2. The van der Waals surface area contributed by atoms with Crippen molar-refractivity contribution in [1.82, 2.24) is 0 Å². The standard InChI is InChI=1S/C12H8F2O/c13-11-3-1-2-10(12(11)14)8-4-6-9(15)7-5-8/h1-7,15H. The molecule has 0 saturated heterocycles. The molecule has 0 unspecified atom stereocenters. The molecular formula is C12H8F2O. The molecule has 0 aromatic heterocycles. The van der Waals surface area contributed by atoms with Crippen molar-refractivity contribution < 1.29 is 13.9 Å². The molecular weight excluding hydrogens is 198 g/mol. The van der Waals surface area contributed by atoms with Gasteiger partial charge in [-0.1, -0.05) is 24.3 Å². The van der Waals surface area contributed by atoms with Crippen LogP contribution < -0.4 is 0 Å². The molecule has 76 valence electrons. The predicted octanol–water partition coefficient (Wildman–Crippen LogP) is 3.34. The van der Waals surface area contributed by atoms with E-state index in [-0.39, 0.29) is 11.3 Å². The number of phenolic OH excluding ortho intramolecular Hbond substituents is 1. The lowest BCUT2D eigenvalue weighted by Gasteiger charge is -2.03. The van der Waals surface area contributed by atoms with Gasteiger partial charge < -0.3 is 5.11 Å². The summed E-state index contributed by atoms with van der Waals surface area (Å²) in [6.45, 7) is 0. The van der Waals surface area contributed by atoms with Crippen LogP contribution in [0.15, 0.2) is 42.5 Å². The van der Waals surface area contributed by atoms with Gasteiger partial charge in [0.1, 0.15) is 5.75 Å². The van der Waals surface area contributed by atoms with Gasteiger partial charge in [-0.3, -0.25) is 0 Å². The van der Waals surface area contributed by atoms with Crippen molar-refractivity contribution in [2.75, 3.05) is 0 Å². The Kier molecular flexibility index (Phi) is 2.37. The van der Waals surface area contributed by atoms with E-state index >= 15 is 0 Å². The van der Waals surface area contributed by atoms with Crippen LogP contribution in [0.3, 0.4) is 0 Å². The summed E-state index contributed by atoms with van der Waals surface area (Å²) in [7, 11) is 0. The van der Waals surface area contributed by atoms with Gasteiger partial charge in [0.15, 0.2) is 11.6 Å². The highest BCUT2D eigenvalue weighted by Gasteiger charge is 2.08. The fourth-order valence-corrected chi connectivity index (χ4v) is 1.37. The number of benzene rings is 2. The first-order valence-electron chi connectivity index (χ1n) is 4.42. The number of rotatable bonds is 1. The molecule has 2 rings (SSSR count). The molecule has 2 aromatic carbocycles. The van der Waals surface area contributed by atoms with E-state index in [1.807, 2.05) is 0 Å². The molecule has 0 amide bonds. The second-order valence-electron chi connectivity index (χ2n) is 3.15. The van der Waals surface area contributed by atoms with Gasteiger partial charge in [-0.2, -0.15) is 0 Å². The maximum Gasteiger partial charge on any atom is 0.166 e. The Labute approximate surface area is 85.6 Å². The number of phenols is 1. The summed E-state index contributed by atoms with van der Waals surface area (Å²) >= 11 is 0. The highest BCUT2D eigenvalue weighted by atomic mass is 19.2. The van der Waals surface area contributed by atoms with Gasteiger partial charge in [0.25, 0.3) is 0 Å². The third-order valence-corrected chi connectivity index (χ3v) is 2.13. The molecule has 0 radical (unpaired) electrons. The summed E-state index contributed by atoms with van der Waals surface area (Å²) in [5, 5.41) is 9.06. The summed E-state index contributed by atoms with van der Waals surface area (Å²) in [5.41, 5.74) is 0.722. The Balaban J connectivity index is 2.54. The molecule has 1 N–H and O–H groups in total. The van der Waals surface area contributed by atoms with Crippen molar-refractivity contribution >= 4 is 0 Å². The van der Waals surface area contributed by atoms with Crippen LogP contribution in [0, 0.1) is 11.6 Å². The summed E-state index contributed by atoms with van der Waals surface area (Å²) < 4.78 is 26.3. The van der Waals surface area contributed by atoms with Crippen LogP contribution in [0.2, 0.25) is 0 Å². The fraction of sp³-hybridized carbons (Fsp3) is 0. The molecule has 15 heavy (non-hydrogen) atoms. The van der Waals surface area contributed by atoms with Crippen molar-refractivity contribution in [2.45, 2.75) is 0 Å². The molecule has 0 aliphatic carbocycles. The second kappa shape index (κ2) is 3.69. The molecule has 3 heteroatoms. The maximum absolute atomic E-state index is 13.4. The normalized spacial score (nSPS) is 10.3. The smallest absolute Gasteiger partial charge is 0.166 e. The van der Waals surface area contributed by atoms with Gasteiger partial charge in [-0.25, -0.2) is 8.78 Å². The first kappa shape index (κ1) is 9.65. The summed E-state index contributed by atoms with van der Waals surface area (Å²) in [6, 6.07) is 9.93. The van der Waals surface area contributed by atoms with Crippen LogP contribution in [0.1, 0.15) is 0 Å². The summed E-state index contributed by atoms with van der Waals surface area (Å²) in [6.07, 6.45) is 0. The number of hydrogen-bond acceptors (Lipinski definition) is 1. The van der Waals surface area contributed by atoms with E-state index in [1.165, 1.54) is 36.4 Å². The lowest BCUT2D eigenvalue weighted by molar-refractivity contribution is 0.475. The molecule has 0 saturated carbocycles. The van der Waals surface area contributed by atoms with E-state index in [9.17, 15) is 8.78 Å². The highest BCUT2D eigenvalue weighted by Crippen LogP contribution is 2.25. The van der Waals surface area contributed by atoms with Gasteiger partial charge >= 0.3 is 0 Å². The zero-order valence-electron chi connectivity index (χ0n) is 7.74. The molecule has 0 atom stereocenters. The minimum absolute atomic E-state index is 0.0931. The summed E-state index contributed by atoms with van der Waals surface area (Å²) in [5.74, 6) is -1.65. The van der Waals surface area contributed by atoms with E-state index in [2.05, 4.69) is 0 Å². The highest BCUT2D eigenvalue weighted by molar-refractivity contribution is 5.64. The average molecular weight is 206 g/mol. The van der Waals surface area contributed by atoms with Crippen molar-refractivity contribution in [2.24, 2.45) is 0 Å². The van der Waals surface area contributed by atoms with E-state index in [0.29, 0.717) is 5.56 Å². The van der Waals surface area contributed by atoms with E-state index < -0.39 is 11.6 Å². The Morgan fingerprint density at radius 3 is 2.20 bits per heavy atom. The lowest BCUT2D eigenvalue weighted by Crippen LogP contribution is -1.88. The minimum Gasteiger partial charge on any atom is -0.508 e. The Bertz CT molecular complexity index is 477. The number of aromatic hydroxyl groups is 1. The molecule has 0 aliphatic rings.